The molecule has 3 unspecified atom stereocenters. The molecule has 1 saturated carbocycles. The minimum atomic E-state index is -5.26. The van der Waals surface area contributed by atoms with E-state index in [2.05, 4.69) is 6.08 Å². The third-order valence-corrected chi connectivity index (χ3v) is 5.24. The molecule has 0 heterocycles. The zero-order valence-corrected chi connectivity index (χ0v) is 11.9. The summed E-state index contributed by atoms with van der Waals surface area (Å²) in [6, 6.07) is 0. The number of hydrogen-bond acceptors (Lipinski definition) is 0. The first-order valence-corrected chi connectivity index (χ1v) is 7.33. The fourth-order valence-corrected chi connectivity index (χ4v) is 3.72. The Morgan fingerprint density at radius 2 is 1.38 bits per heavy atom. The summed E-state index contributed by atoms with van der Waals surface area (Å²) in [5.41, 5.74) is -3.60. The average molecular weight is 314 g/mol. The van der Waals surface area contributed by atoms with Gasteiger partial charge in [-0.05, 0) is 56.8 Å². The molecule has 0 saturated heterocycles. The van der Waals surface area contributed by atoms with E-state index >= 15 is 0 Å². The first-order valence-electron chi connectivity index (χ1n) is 7.33. The van der Waals surface area contributed by atoms with Crippen molar-refractivity contribution in [2.24, 2.45) is 23.2 Å². The molecule has 122 valence electrons. The van der Waals surface area contributed by atoms with Crippen LogP contribution in [-0.4, -0.2) is 12.4 Å². The van der Waals surface area contributed by atoms with Crippen molar-refractivity contribution in [3.63, 3.8) is 0 Å². The van der Waals surface area contributed by atoms with Gasteiger partial charge < -0.3 is 0 Å². The van der Waals surface area contributed by atoms with Crippen molar-refractivity contribution in [1.29, 1.82) is 0 Å². The zero-order chi connectivity index (χ0) is 15.9. The summed E-state index contributed by atoms with van der Waals surface area (Å²) in [7, 11) is 0. The van der Waals surface area contributed by atoms with Gasteiger partial charge in [0.2, 0.25) is 0 Å². The number of rotatable bonds is 2. The molecule has 0 radical (unpaired) electrons. The monoisotopic (exact) mass is 314 g/mol. The van der Waals surface area contributed by atoms with Crippen LogP contribution in [0.4, 0.5) is 26.3 Å². The van der Waals surface area contributed by atoms with Gasteiger partial charge in [-0.1, -0.05) is 18.6 Å². The van der Waals surface area contributed by atoms with Gasteiger partial charge >= 0.3 is 12.4 Å². The Kier molecular flexibility index (Phi) is 4.37. The van der Waals surface area contributed by atoms with Gasteiger partial charge in [0.15, 0.2) is 5.41 Å². The molecule has 0 N–H and O–H groups in total. The van der Waals surface area contributed by atoms with Crippen molar-refractivity contribution in [2.45, 2.75) is 57.8 Å². The maximum atomic E-state index is 13.0. The van der Waals surface area contributed by atoms with E-state index in [1.807, 2.05) is 6.08 Å². The summed E-state index contributed by atoms with van der Waals surface area (Å²) in [5, 5.41) is 0. The van der Waals surface area contributed by atoms with Crippen LogP contribution in [-0.2, 0) is 0 Å². The number of alkyl halides is 6. The van der Waals surface area contributed by atoms with E-state index in [0.717, 1.165) is 19.3 Å². The highest BCUT2D eigenvalue weighted by molar-refractivity contribution is 4.99. The largest absolute Gasteiger partial charge is 0.402 e. The summed E-state index contributed by atoms with van der Waals surface area (Å²) in [4.78, 5) is 0. The smallest absolute Gasteiger partial charge is 0.170 e. The molecule has 3 atom stereocenters. The highest BCUT2D eigenvalue weighted by Crippen LogP contribution is 2.56. The molecule has 2 aliphatic rings. The minimum Gasteiger partial charge on any atom is -0.170 e. The predicted molar refractivity (Wildman–Crippen MR) is 67.5 cm³/mol. The lowest BCUT2D eigenvalue weighted by molar-refractivity contribution is -0.340. The molecule has 6 heteroatoms. The summed E-state index contributed by atoms with van der Waals surface area (Å²) < 4.78 is 77.7. The second-order valence-electron chi connectivity index (χ2n) is 6.67. The molecule has 0 aromatic heterocycles. The Hall–Kier alpha value is -0.680. The highest BCUT2D eigenvalue weighted by Gasteiger charge is 2.67. The maximum absolute atomic E-state index is 13.0. The molecular formula is C15H20F6. The van der Waals surface area contributed by atoms with Crippen LogP contribution in [0.15, 0.2) is 12.2 Å². The van der Waals surface area contributed by atoms with Crippen molar-refractivity contribution in [3.05, 3.63) is 12.2 Å². The topological polar surface area (TPSA) is 0 Å². The van der Waals surface area contributed by atoms with E-state index in [0.29, 0.717) is 25.7 Å². The van der Waals surface area contributed by atoms with Gasteiger partial charge in [0.1, 0.15) is 0 Å². The van der Waals surface area contributed by atoms with Crippen LogP contribution in [0.2, 0.25) is 0 Å². The molecule has 0 amide bonds. The van der Waals surface area contributed by atoms with Crippen LogP contribution in [0.3, 0.4) is 0 Å². The van der Waals surface area contributed by atoms with E-state index < -0.39 is 30.1 Å². The average Bonchev–Trinajstić information content (AvgIpc) is 2.36. The number of halogens is 6. The van der Waals surface area contributed by atoms with Gasteiger partial charge in [-0.15, -0.1) is 0 Å². The molecule has 2 aliphatic carbocycles. The van der Waals surface area contributed by atoms with Gasteiger partial charge in [-0.25, -0.2) is 0 Å². The highest BCUT2D eigenvalue weighted by atomic mass is 19.4. The lowest BCUT2D eigenvalue weighted by Gasteiger charge is -2.42. The van der Waals surface area contributed by atoms with E-state index in [-0.39, 0.29) is 5.92 Å². The zero-order valence-electron chi connectivity index (χ0n) is 11.9. The van der Waals surface area contributed by atoms with Crippen LogP contribution in [0.25, 0.3) is 0 Å². The molecular weight excluding hydrogens is 294 g/mol. The van der Waals surface area contributed by atoms with Crippen molar-refractivity contribution < 1.29 is 26.3 Å². The third-order valence-electron chi connectivity index (χ3n) is 5.24. The summed E-state index contributed by atoms with van der Waals surface area (Å²) in [6.45, 7) is 0.305. The molecule has 0 spiro atoms. The Bertz CT molecular complexity index is 378. The SMILES string of the molecule is CC(CC1CCC2CC=CCC2C1)(C(F)(F)F)C(F)(F)F. The first kappa shape index (κ1) is 16.7. The lowest BCUT2D eigenvalue weighted by atomic mass is 9.65. The van der Waals surface area contributed by atoms with Crippen molar-refractivity contribution in [2.75, 3.05) is 0 Å². The lowest BCUT2D eigenvalue weighted by Crippen LogP contribution is -2.49. The van der Waals surface area contributed by atoms with Crippen LogP contribution in [0, 0.1) is 23.2 Å². The summed E-state index contributed by atoms with van der Waals surface area (Å²) >= 11 is 0. The molecule has 21 heavy (non-hydrogen) atoms. The van der Waals surface area contributed by atoms with Crippen molar-refractivity contribution in [1.82, 2.24) is 0 Å². The van der Waals surface area contributed by atoms with E-state index in [1.54, 1.807) is 0 Å². The Balaban J connectivity index is 2.10. The van der Waals surface area contributed by atoms with E-state index in [4.69, 9.17) is 0 Å². The molecule has 0 aliphatic heterocycles. The third kappa shape index (κ3) is 3.24. The molecule has 0 aromatic carbocycles. The predicted octanol–water partition coefficient (Wildman–Crippen LogP) is 5.89. The van der Waals surface area contributed by atoms with Crippen molar-refractivity contribution >= 4 is 0 Å². The number of allylic oxidation sites excluding steroid dienone is 2. The van der Waals surface area contributed by atoms with Gasteiger partial charge in [-0.2, -0.15) is 26.3 Å². The van der Waals surface area contributed by atoms with Crippen LogP contribution in [0.5, 0.6) is 0 Å². The Morgan fingerprint density at radius 1 is 0.857 bits per heavy atom. The second-order valence-corrected chi connectivity index (χ2v) is 6.67. The summed E-state index contributed by atoms with van der Waals surface area (Å²) in [5.74, 6) is 0.194. The fraction of sp³-hybridized carbons (Fsp3) is 0.867. The molecule has 0 aromatic rings. The Labute approximate surface area is 120 Å². The summed E-state index contributed by atoms with van der Waals surface area (Å²) in [6.07, 6.45) is -3.90. The molecule has 2 rings (SSSR count). The molecule has 1 fully saturated rings. The maximum Gasteiger partial charge on any atom is 0.402 e. The number of hydrogen-bond donors (Lipinski definition) is 0. The van der Waals surface area contributed by atoms with Gasteiger partial charge in [0.05, 0.1) is 0 Å². The van der Waals surface area contributed by atoms with Crippen LogP contribution < -0.4 is 0 Å². The van der Waals surface area contributed by atoms with Gasteiger partial charge in [0, 0.05) is 0 Å². The fourth-order valence-electron chi connectivity index (χ4n) is 3.72. The van der Waals surface area contributed by atoms with Crippen LogP contribution in [0.1, 0.15) is 45.4 Å². The minimum absolute atomic E-state index is 0.250. The van der Waals surface area contributed by atoms with Gasteiger partial charge in [-0.3, -0.25) is 0 Å². The molecule has 0 bridgehead atoms. The number of fused-ring (bicyclic) bond motifs is 1. The van der Waals surface area contributed by atoms with E-state index in [9.17, 15) is 26.3 Å². The molecule has 0 nitrogen and oxygen atoms in total. The normalized spacial score (nSPS) is 31.1. The Morgan fingerprint density at radius 3 is 1.90 bits per heavy atom. The van der Waals surface area contributed by atoms with E-state index in [1.165, 1.54) is 0 Å². The quantitative estimate of drug-likeness (QED) is 0.440. The standard InChI is InChI=1S/C15H20F6/c1-13(14(16,17)18,15(19,20)21)9-10-6-7-11-4-2-3-5-12(11)8-10/h2-3,10-12H,4-9H2,1H3. The van der Waals surface area contributed by atoms with Crippen LogP contribution >= 0.6 is 0 Å². The van der Waals surface area contributed by atoms with Gasteiger partial charge in [0.25, 0.3) is 0 Å². The van der Waals surface area contributed by atoms with Crippen molar-refractivity contribution in [3.8, 4) is 0 Å². The first-order chi connectivity index (χ1) is 9.54. The second kappa shape index (κ2) is 5.51.